The van der Waals surface area contributed by atoms with Crippen molar-refractivity contribution in [1.29, 1.82) is 0 Å². The second kappa shape index (κ2) is 13.6. The summed E-state index contributed by atoms with van der Waals surface area (Å²) in [5.41, 5.74) is 2.83. The third-order valence-electron chi connectivity index (χ3n) is 7.92. The number of hydrogen-bond donors (Lipinski definition) is 3. The van der Waals surface area contributed by atoms with Gasteiger partial charge in [-0.05, 0) is 77.8 Å². The van der Waals surface area contributed by atoms with Gasteiger partial charge in [-0.25, -0.2) is 19.2 Å². The molecule has 3 N–H and O–H groups in total. The predicted molar refractivity (Wildman–Crippen MR) is 184 cm³/mol. The van der Waals surface area contributed by atoms with E-state index in [9.17, 15) is 14.3 Å². The Morgan fingerprint density at radius 1 is 1.17 bits per heavy atom. The molecule has 2 aromatic carbocycles. The van der Waals surface area contributed by atoms with Crippen LogP contribution in [0.2, 0.25) is 0 Å². The summed E-state index contributed by atoms with van der Waals surface area (Å²) in [6.45, 7) is 6.78. The highest BCUT2D eigenvalue weighted by molar-refractivity contribution is 7.22. The molecule has 0 unspecified atom stereocenters. The number of thiazole rings is 2. The van der Waals surface area contributed by atoms with Gasteiger partial charge in [0.05, 0.1) is 27.9 Å². The average Bonchev–Trinajstić information content (AvgIpc) is 3.68. The molecule has 1 aliphatic rings. The van der Waals surface area contributed by atoms with Crippen LogP contribution in [-0.2, 0) is 12.8 Å². The lowest BCUT2D eigenvalue weighted by Gasteiger charge is -2.28. The monoisotopic (exact) mass is 671 g/mol. The van der Waals surface area contributed by atoms with E-state index in [4.69, 9.17) is 4.74 Å². The van der Waals surface area contributed by atoms with Crippen LogP contribution in [0.3, 0.4) is 0 Å². The van der Waals surface area contributed by atoms with Crippen LogP contribution in [0.5, 0.6) is 5.75 Å². The smallest absolute Gasteiger partial charge is 0.355 e. The van der Waals surface area contributed by atoms with Gasteiger partial charge in [0.25, 0.3) is 0 Å². The number of benzene rings is 2. The van der Waals surface area contributed by atoms with E-state index in [1.807, 2.05) is 49.9 Å². The molecule has 5 aromatic rings. The number of rotatable bonds is 10. The first-order valence-electron chi connectivity index (χ1n) is 15.3. The van der Waals surface area contributed by atoms with Crippen LogP contribution in [0.15, 0.2) is 42.5 Å². The molecule has 0 fully saturated rings. The highest BCUT2D eigenvalue weighted by atomic mass is 32.1. The molecule has 0 radical (unpaired) electrons. The average molecular weight is 672 g/mol. The number of nitrogens with zero attached hydrogens (tertiary/aromatic N) is 5. The molecular formula is C34H34FN7O3S2. The maximum absolute atomic E-state index is 14.6. The number of carboxylic acids is 1. The molecule has 6 rings (SSSR count). The summed E-state index contributed by atoms with van der Waals surface area (Å²) in [4.78, 5) is 23.9. The van der Waals surface area contributed by atoms with Crippen molar-refractivity contribution in [2.75, 3.05) is 30.4 Å². The third-order valence-corrected chi connectivity index (χ3v) is 10.0. The van der Waals surface area contributed by atoms with Gasteiger partial charge in [0, 0.05) is 28.6 Å². The summed E-state index contributed by atoms with van der Waals surface area (Å²) < 4.78 is 21.5. The lowest BCUT2D eigenvalue weighted by atomic mass is 10.0. The van der Waals surface area contributed by atoms with Gasteiger partial charge in [0.2, 0.25) is 0 Å². The van der Waals surface area contributed by atoms with Crippen LogP contribution < -0.4 is 20.3 Å². The SMILES string of the molecule is CNC(C)(C)C#Cc1ccc(OCCCc2sc(N3CCCc4c3nnc(Nc3nc5ccccc5s3)c4C)nc2C(=O)O)cc1F. The number of ether oxygens (including phenoxy) is 1. The summed E-state index contributed by atoms with van der Waals surface area (Å²) in [5.74, 6) is 6.07. The Morgan fingerprint density at radius 3 is 2.77 bits per heavy atom. The first-order chi connectivity index (χ1) is 22.6. The largest absolute Gasteiger partial charge is 0.493 e. The molecule has 10 nitrogen and oxygen atoms in total. The normalized spacial score (nSPS) is 12.8. The number of anilines is 4. The first kappa shape index (κ1) is 32.3. The molecule has 47 heavy (non-hydrogen) atoms. The van der Waals surface area contributed by atoms with E-state index in [0.717, 1.165) is 39.3 Å². The Labute approximate surface area is 280 Å². The topological polar surface area (TPSA) is 125 Å². The van der Waals surface area contributed by atoms with Crippen molar-refractivity contribution >= 4 is 60.8 Å². The van der Waals surface area contributed by atoms with Crippen molar-refractivity contribution in [2.24, 2.45) is 0 Å². The Hall–Kier alpha value is -4.64. The number of nitrogens with one attached hydrogen (secondary N) is 2. The van der Waals surface area contributed by atoms with Crippen LogP contribution in [0, 0.1) is 24.6 Å². The summed E-state index contributed by atoms with van der Waals surface area (Å²) in [6.07, 6.45) is 2.66. The number of fused-ring (bicyclic) bond motifs is 2. The van der Waals surface area contributed by atoms with Crippen molar-refractivity contribution < 1.29 is 19.0 Å². The highest BCUT2D eigenvalue weighted by Crippen LogP contribution is 2.39. The van der Waals surface area contributed by atoms with E-state index in [1.54, 1.807) is 30.5 Å². The van der Waals surface area contributed by atoms with Gasteiger partial charge in [0.1, 0.15) is 11.6 Å². The molecule has 0 aliphatic carbocycles. The minimum atomic E-state index is -1.08. The minimum Gasteiger partial charge on any atom is -0.493 e. The number of aromatic nitrogens is 4. The van der Waals surface area contributed by atoms with E-state index in [1.165, 1.54) is 17.4 Å². The molecule has 0 bridgehead atoms. The van der Waals surface area contributed by atoms with Gasteiger partial charge in [-0.2, -0.15) is 0 Å². The number of aryl methyl sites for hydroxylation is 1. The number of aromatic carboxylic acids is 1. The Bertz CT molecular complexity index is 1980. The minimum absolute atomic E-state index is 0.0226. The quantitative estimate of drug-likeness (QED) is 0.107. The number of halogens is 1. The number of carboxylic acid groups (broad SMARTS) is 1. The lowest BCUT2D eigenvalue weighted by Crippen LogP contribution is -2.34. The van der Waals surface area contributed by atoms with Crippen LogP contribution in [0.4, 0.5) is 26.3 Å². The van der Waals surface area contributed by atoms with Gasteiger partial charge >= 0.3 is 5.97 Å². The molecule has 242 valence electrons. The van der Waals surface area contributed by atoms with E-state index in [2.05, 4.69) is 42.6 Å². The van der Waals surface area contributed by atoms with Crippen molar-refractivity contribution in [3.63, 3.8) is 0 Å². The molecule has 0 spiro atoms. The molecule has 0 atom stereocenters. The number of hydrogen-bond acceptors (Lipinski definition) is 11. The Balaban J connectivity index is 1.13. The van der Waals surface area contributed by atoms with Gasteiger partial charge in [-0.1, -0.05) is 35.3 Å². The van der Waals surface area contributed by atoms with Gasteiger partial charge in [0.15, 0.2) is 27.6 Å². The van der Waals surface area contributed by atoms with E-state index < -0.39 is 17.3 Å². The molecule has 0 saturated heterocycles. The van der Waals surface area contributed by atoms with Crippen molar-refractivity contribution in [3.8, 4) is 17.6 Å². The third kappa shape index (κ3) is 7.20. The second-order valence-corrected chi connectivity index (χ2v) is 13.7. The molecule has 3 aromatic heterocycles. The van der Waals surface area contributed by atoms with Crippen molar-refractivity contribution in [3.05, 3.63) is 75.5 Å². The summed E-state index contributed by atoms with van der Waals surface area (Å²) in [5, 5.41) is 26.7. The maximum atomic E-state index is 14.6. The van der Waals surface area contributed by atoms with Crippen molar-refractivity contribution in [1.82, 2.24) is 25.5 Å². The van der Waals surface area contributed by atoms with Crippen LogP contribution in [0.25, 0.3) is 10.2 Å². The maximum Gasteiger partial charge on any atom is 0.355 e. The highest BCUT2D eigenvalue weighted by Gasteiger charge is 2.28. The lowest BCUT2D eigenvalue weighted by molar-refractivity contribution is 0.0690. The summed E-state index contributed by atoms with van der Waals surface area (Å²) >= 11 is 2.90. The molecule has 0 saturated carbocycles. The molecular weight excluding hydrogens is 638 g/mol. The number of carbonyl (C=O) groups is 1. The molecule has 1 aliphatic heterocycles. The second-order valence-electron chi connectivity index (χ2n) is 11.6. The van der Waals surface area contributed by atoms with E-state index >= 15 is 0 Å². The van der Waals surface area contributed by atoms with Gasteiger partial charge in [-0.3, -0.25) is 0 Å². The van der Waals surface area contributed by atoms with Crippen molar-refractivity contribution in [2.45, 2.75) is 52.0 Å². The molecule has 13 heteroatoms. The fourth-order valence-electron chi connectivity index (χ4n) is 5.10. The first-order valence-corrected chi connectivity index (χ1v) is 16.9. The van der Waals surface area contributed by atoms with Gasteiger partial charge in [-0.15, -0.1) is 21.5 Å². The summed E-state index contributed by atoms with van der Waals surface area (Å²) in [6, 6.07) is 12.6. The van der Waals surface area contributed by atoms with Crippen LogP contribution >= 0.6 is 22.7 Å². The van der Waals surface area contributed by atoms with Crippen LogP contribution in [0.1, 0.15) is 58.7 Å². The molecule has 0 amide bonds. The van der Waals surface area contributed by atoms with Gasteiger partial charge < -0.3 is 25.4 Å². The zero-order valence-corrected chi connectivity index (χ0v) is 28.1. The number of para-hydroxylation sites is 1. The van der Waals surface area contributed by atoms with E-state index in [-0.39, 0.29) is 12.3 Å². The van der Waals surface area contributed by atoms with E-state index in [0.29, 0.717) is 52.3 Å². The fraction of sp³-hybridized carbons (Fsp3) is 0.324. The van der Waals surface area contributed by atoms with Crippen LogP contribution in [-0.4, -0.2) is 57.0 Å². The zero-order valence-electron chi connectivity index (χ0n) is 26.5. The Morgan fingerprint density at radius 2 is 2.00 bits per heavy atom. The summed E-state index contributed by atoms with van der Waals surface area (Å²) in [7, 11) is 1.80. The standard InChI is InChI=1S/C34H34FN7O3S2/c1-20-23-9-7-17-42(30(23)41-40-29(20)39-32-37-25-10-5-6-11-26(25)46-32)33-38-28(31(43)44)27(47-33)12-8-18-45-22-14-13-21(24(35)19-22)15-16-34(2,3)36-4/h5-6,10-11,13-14,19,36H,7-9,12,17-18H2,1-4H3,(H,43,44)(H,37,39,40). The molecule has 4 heterocycles. The fourth-order valence-corrected chi connectivity index (χ4v) is 7.08. The zero-order chi connectivity index (χ0) is 33.1. The predicted octanol–water partition coefficient (Wildman–Crippen LogP) is 6.88. The Kier molecular flexibility index (Phi) is 9.35.